The van der Waals surface area contributed by atoms with Gasteiger partial charge in [-0.3, -0.25) is 4.57 Å². The van der Waals surface area contributed by atoms with Crippen molar-refractivity contribution in [3.63, 3.8) is 0 Å². The number of para-hydroxylation sites is 2. The van der Waals surface area contributed by atoms with Gasteiger partial charge in [-0.1, -0.05) is 24.3 Å². The summed E-state index contributed by atoms with van der Waals surface area (Å²) in [6.07, 6.45) is 0. The van der Waals surface area contributed by atoms with Gasteiger partial charge in [0.15, 0.2) is 0 Å². The molecule has 0 saturated carbocycles. The number of imidazole rings is 1. The van der Waals surface area contributed by atoms with Gasteiger partial charge in [-0.25, -0.2) is 4.98 Å². The van der Waals surface area contributed by atoms with Gasteiger partial charge in [-0.05, 0) is 24.3 Å². The van der Waals surface area contributed by atoms with E-state index in [-0.39, 0.29) is 0 Å². The van der Waals surface area contributed by atoms with Crippen LogP contribution in [0.2, 0.25) is 0 Å². The summed E-state index contributed by atoms with van der Waals surface area (Å²) in [7, 11) is 0. The number of hydrogen-bond donors (Lipinski definition) is 0. The standard InChI is InChI=1S/C15H10ClN3/c16-9-14-18-15-11(10-17)5-4-8-13(15)19(14)12-6-2-1-3-7-12/h1-8H,9H2. The molecule has 0 bridgehead atoms. The van der Waals surface area contributed by atoms with E-state index < -0.39 is 0 Å². The number of benzene rings is 2. The molecule has 0 unspecified atom stereocenters. The van der Waals surface area contributed by atoms with E-state index in [1.807, 2.05) is 47.0 Å². The van der Waals surface area contributed by atoms with Crippen molar-refractivity contribution in [2.24, 2.45) is 0 Å². The lowest BCUT2D eigenvalue weighted by atomic mass is 10.2. The van der Waals surface area contributed by atoms with E-state index in [1.165, 1.54) is 0 Å². The van der Waals surface area contributed by atoms with Crippen LogP contribution in [-0.2, 0) is 5.88 Å². The number of nitrogens with zero attached hydrogens (tertiary/aromatic N) is 3. The van der Waals surface area contributed by atoms with Gasteiger partial charge in [0.1, 0.15) is 17.4 Å². The predicted octanol–water partition coefficient (Wildman–Crippen LogP) is 3.64. The largest absolute Gasteiger partial charge is 0.295 e. The van der Waals surface area contributed by atoms with Gasteiger partial charge < -0.3 is 0 Å². The van der Waals surface area contributed by atoms with Crippen LogP contribution in [0, 0.1) is 11.3 Å². The second-order valence-corrected chi connectivity index (χ2v) is 4.38. The number of alkyl halides is 1. The zero-order valence-electron chi connectivity index (χ0n) is 10.0. The Morgan fingerprint density at radius 3 is 2.58 bits per heavy atom. The molecule has 1 aromatic heterocycles. The van der Waals surface area contributed by atoms with Crippen LogP contribution in [0.1, 0.15) is 11.4 Å². The van der Waals surface area contributed by atoms with Crippen molar-refractivity contribution in [2.45, 2.75) is 5.88 Å². The van der Waals surface area contributed by atoms with Crippen molar-refractivity contribution in [1.29, 1.82) is 5.26 Å². The summed E-state index contributed by atoms with van der Waals surface area (Å²) in [5.74, 6) is 1.04. The summed E-state index contributed by atoms with van der Waals surface area (Å²) in [4.78, 5) is 4.49. The van der Waals surface area contributed by atoms with Crippen LogP contribution in [-0.4, -0.2) is 9.55 Å². The lowest BCUT2D eigenvalue weighted by Gasteiger charge is -2.07. The number of rotatable bonds is 2. The van der Waals surface area contributed by atoms with E-state index in [1.54, 1.807) is 6.07 Å². The fraction of sp³-hybridized carbons (Fsp3) is 0.0667. The SMILES string of the molecule is N#Cc1cccc2c1nc(CCl)n2-c1ccccc1. The van der Waals surface area contributed by atoms with E-state index in [9.17, 15) is 0 Å². The van der Waals surface area contributed by atoms with Crippen LogP contribution in [0.4, 0.5) is 0 Å². The quantitative estimate of drug-likeness (QED) is 0.665. The summed E-state index contributed by atoms with van der Waals surface area (Å²) in [5, 5.41) is 9.15. The first-order valence-corrected chi connectivity index (χ1v) is 6.40. The first-order chi connectivity index (χ1) is 9.35. The molecular formula is C15H10ClN3. The molecule has 0 aliphatic rings. The maximum atomic E-state index is 9.15. The zero-order chi connectivity index (χ0) is 13.2. The van der Waals surface area contributed by atoms with Crippen molar-refractivity contribution in [2.75, 3.05) is 0 Å². The molecule has 3 rings (SSSR count). The van der Waals surface area contributed by atoms with E-state index in [0.29, 0.717) is 17.0 Å². The second-order valence-electron chi connectivity index (χ2n) is 4.12. The molecule has 1 heterocycles. The van der Waals surface area contributed by atoms with Crippen LogP contribution < -0.4 is 0 Å². The fourth-order valence-electron chi connectivity index (χ4n) is 2.19. The molecule has 0 aliphatic heterocycles. The van der Waals surface area contributed by atoms with Crippen molar-refractivity contribution in [3.05, 3.63) is 59.9 Å². The van der Waals surface area contributed by atoms with Gasteiger partial charge in [0, 0.05) is 5.69 Å². The molecular weight excluding hydrogens is 258 g/mol. The number of halogens is 1. The molecule has 0 aliphatic carbocycles. The van der Waals surface area contributed by atoms with E-state index in [0.717, 1.165) is 17.0 Å². The molecule has 0 saturated heterocycles. The smallest absolute Gasteiger partial charge is 0.129 e. The molecule has 92 valence electrons. The summed E-state index contributed by atoms with van der Waals surface area (Å²) in [6.45, 7) is 0. The van der Waals surface area contributed by atoms with Crippen molar-refractivity contribution < 1.29 is 0 Å². The highest BCUT2D eigenvalue weighted by molar-refractivity contribution is 6.17. The van der Waals surface area contributed by atoms with E-state index in [2.05, 4.69) is 11.1 Å². The van der Waals surface area contributed by atoms with E-state index >= 15 is 0 Å². The molecule has 0 N–H and O–H groups in total. The van der Waals surface area contributed by atoms with Crippen LogP contribution in [0.15, 0.2) is 48.5 Å². The molecule has 0 atom stereocenters. The Hall–Kier alpha value is -2.31. The predicted molar refractivity (Wildman–Crippen MR) is 75.3 cm³/mol. The van der Waals surface area contributed by atoms with Crippen LogP contribution in [0.3, 0.4) is 0 Å². The second kappa shape index (κ2) is 4.75. The van der Waals surface area contributed by atoms with Crippen molar-refractivity contribution >= 4 is 22.6 Å². The molecule has 3 aromatic rings. The summed E-state index contributed by atoms with van der Waals surface area (Å²) in [6, 6.07) is 17.6. The summed E-state index contributed by atoms with van der Waals surface area (Å²) >= 11 is 5.98. The topological polar surface area (TPSA) is 41.6 Å². The molecule has 0 amide bonds. The third kappa shape index (κ3) is 1.87. The molecule has 3 nitrogen and oxygen atoms in total. The minimum absolute atomic E-state index is 0.300. The lowest BCUT2D eigenvalue weighted by molar-refractivity contribution is 0.982. The maximum Gasteiger partial charge on any atom is 0.129 e. The highest BCUT2D eigenvalue weighted by Crippen LogP contribution is 2.24. The Balaban J connectivity index is 2.38. The van der Waals surface area contributed by atoms with E-state index in [4.69, 9.17) is 16.9 Å². The monoisotopic (exact) mass is 267 g/mol. The molecule has 2 aromatic carbocycles. The fourth-order valence-corrected chi connectivity index (χ4v) is 2.37. The minimum atomic E-state index is 0.300. The molecule has 0 radical (unpaired) electrons. The van der Waals surface area contributed by atoms with Gasteiger partial charge in [-0.15, -0.1) is 11.6 Å². The maximum absolute atomic E-state index is 9.15. The Labute approximate surface area is 115 Å². The van der Waals surface area contributed by atoms with Gasteiger partial charge in [0.05, 0.1) is 17.0 Å². The Kier molecular flexibility index (Phi) is 2.94. The van der Waals surface area contributed by atoms with Gasteiger partial charge >= 0.3 is 0 Å². The van der Waals surface area contributed by atoms with Crippen molar-refractivity contribution in [3.8, 4) is 11.8 Å². The Morgan fingerprint density at radius 1 is 1.11 bits per heavy atom. The first kappa shape index (κ1) is 11.8. The lowest BCUT2D eigenvalue weighted by Crippen LogP contribution is -1.98. The third-order valence-electron chi connectivity index (χ3n) is 3.01. The van der Waals surface area contributed by atoms with Crippen LogP contribution in [0.25, 0.3) is 16.7 Å². The summed E-state index contributed by atoms with van der Waals surface area (Å²) < 4.78 is 1.99. The van der Waals surface area contributed by atoms with Crippen LogP contribution >= 0.6 is 11.6 Å². The van der Waals surface area contributed by atoms with Gasteiger partial charge in [0.2, 0.25) is 0 Å². The normalized spacial score (nSPS) is 10.5. The van der Waals surface area contributed by atoms with Gasteiger partial charge in [-0.2, -0.15) is 5.26 Å². The first-order valence-electron chi connectivity index (χ1n) is 5.87. The molecule has 0 fully saturated rings. The highest BCUT2D eigenvalue weighted by Gasteiger charge is 2.13. The Morgan fingerprint density at radius 2 is 1.89 bits per heavy atom. The average molecular weight is 268 g/mol. The minimum Gasteiger partial charge on any atom is -0.295 e. The number of fused-ring (bicyclic) bond motifs is 1. The van der Waals surface area contributed by atoms with Crippen LogP contribution in [0.5, 0.6) is 0 Å². The third-order valence-corrected chi connectivity index (χ3v) is 3.25. The Bertz CT molecular complexity index is 769. The molecule has 0 spiro atoms. The van der Waals surface area contributed by atoms with Crippen molar-refractivity contribution in [1.82, 2.24) is 9.55 Å². The highest BCUT2D eigenvalue weighted by atomic mass is 35.5. The average Bonchev–Trinajstić information content (AvgIpc) is 2.86. The molecule has 4 heteroatoms. The molecule has 19 heavy (non-hydrogen) atoms. The zero-order valence-corrected chi connectivity index (χ0v) is 10.8. The summed E-state index contributed by atoms with van der Waals surface area (Å²) in [5.41, 5.74) is 3.17. The number of hydrogen-bond acceptors (Lipinski definition) is 2. The van der Waals surface area contributed by atoms with Gasteiger partial charge in [0.25, 0.3) is 0 Å². The number of aromatic nitrogens is 2. The number of nitriles is 1.